The van der Waals surface area contributed by atoms with Crippen LogP contribution in [0.25, 0.3) is 0 Å². The molecule has 0 unspecified atom stereocenters. The van der Waals surface area contributed by atoms with E-state index >= 15 is 0 Å². The Balaban J connectivity index is 1.88. The Kier molecular flexibility index (Phi) is 3.35. The van der Waals surface area contributed by atoms with Crippen LogP contribution < -0.4 is 0 Å². The second-order valence-corrected chi connectivity index (χ2v) is 7.02. The SMILES string of the molecule is Cc1cccc(C2(C(=O)O)CC3(CCCCCC3)C2)c1. The van der Waals surface area contributed by atoms with E-state index in [0.717, 1.165) is 24.0 Å². The first-order chi connectivity index (χ1) is 9.56. The number of aliphatic carboxylic acids is 1. The number of carbonyl (C=O) groups is 1. The monoisotopic (exact) mass is 272 g/mol. The van der Waals surface area contributed by atoms with Gasteiger partial charge in [-0.2, -0.15) is 0 Å². The number of carboxylic acids is 1. The Hall–Kier alpha value is -1.31. The first-order valence-electron chi connectivity index (χ1n) is 7.87. The molecule has 1 N–H and O–H groups in total. The highest BCUT2D eigenvalue weighted by molar-refractivity contribution is 5.83. The molecule has 0 aromatic heterocycles. The summed E-state index contributed by atoms with van der Waals surface area (Å²) in [5, 5.41) is 9.81. The Morgan fingerprint density at radius 3 is 2.30 bits per heavy atom. The van der Waals surface area contributed by atoms with Gasteiger partial charge >= 0.3 is 5.97 Å². The molecule has 2 saturated carbocycles. The van der Waals surface area contributed by atoms with Gasteiger partial charge in [0.2, 0.25) is 0 Å². The van der Waals surface area contributed by atoms with E-state index in [2.05, 4.69) is 6.07 Å². The van der Waals surface area contributed by atoms with Crippen LogP contribution in [-0.4, -0.2) is 11.1 Å². The van der Waals surface area contributed by atoms with Gasteiger partial charge in [-0.15, -0.1) is 0 Å². The van der Waals surface area contributed by atoms with Gasteiger partial charge < -0.3 is 5.11 Å². The van der Waals surface area contributed by atoms with Crippen molar-refractivity contribution in [1.82, 2.24) is 0 Å². The van der Waals surface area contributed by atoms with Gasteiger partial charge in [-0.1, -0.05) is 55.5 Å². The van der Waals surface area contributed by atoms with E-state index in [1.165, 1.54) is 38.5 Å². The maximum Gasteiger partial charge on any atom is 0.314 e. The molecule has 0 saturated heterocycles. The fraction of sp³-hybridized carbons (Fsp3) is 0.611. The lowest BCUT2D eigenvalue weighted by Gasteiger charge is -2.54. The van der Waals surface area contributed by atoms with Crippen LogP contribution in [0.2, 0.25) is 0 Å². The summed E-state index contributed by atoms with van der Waals surface area (Å²) in [5.74, 6) is -0.627. The normalized spacial score (nSPS) is 23.9. The molecular weight excluding hydrogens is 248 g/mol. The summed E-state index contributed by atoms with van der Waals surface area (Å²) < 4.78 is 0. The summed E-state index contributed by atoms with van der Waals surface area (Å²) in [7, 11) is 0. The molecule has 0 aliphatic heterocycles. The van der Waals surface area contributed by atoms with Gasteiger partial charge in [0.25, 0.3) is 0 Å². The molecule has 2 aliphatic rings. The van der Waals surface area contributed by atoms with E-state index in [1.807, 2.05) is 25.1 Å². The van der Waals surface area contributed by atoms with Gasteiger partial charge in [-0.3, -0.25) is 4.79 Å². The van der Waals surface area contributed by atoms with Crippen LogP contribution in [0.3, 0.4) is 0 Å². The molecule has 0 atom stereocenters. The van der Waals surface area contributed by atoms with Crippen LogP contribution in [0.1, 0.15) is 62.5 Å². The van der Waals surface area contributed by atoms with Crippen LogP contribution in [0.4, 0.5) is 0 Å². The fourth-order valence-electron chi connectivity index (χ4n) is 4.48. The molecule has 108 valence electrons. The van der Waals surface area contributed by atoms with E-state index in [0.29, 0.717) is 5.41 Å². The first-order valence-corrected chi connectivity index (χ1v) is 7.87. The van der Waals surface area contributed by atoms with Crippen molar-refractivity contribution in [3.8, 4) is 0 Å². The second kappa shape index (κ2) is 4.91. The van der Waals surface area contributed by atoms with Gasteiger partial charge in [-0.25, -0.2) is 0 Å². The average molecular weight is 272 g/mol. The molecular formula is C18H24O2. The summed E-state index contributed by atoms with van der Waals surface area (Å²) in [5.41, 5.74) is 1.87. The van der Waals surface area contributed by atoms with E-state index in [4.69, 9.17) is 0 Å². The van der Waals surface area contributed by atoms with E-state index in [9.17, 15) is 9.90 Å². The van der Waals surface area contributed by atoms with Crippen molar-refractivity contribution < 1.29 is 9.90 Å². The molecule has 1 aromatic carbocycles. The van der Waals surface area contributed by atoms with Crippen LogP contribution in [0.15, 0.2) is 24.3 Å². The van der Waals surface area contributed by atoms with Crippen molar-refractivity contribution in [2.45, 2.75) is 63.7 Å². The number of hydrogen-bond acceptors (Lipinski definition) is 1. The van der Waals surface area contributed by atoms with Crippen LogP contribution in [0.5, 0.6) is 0 Å². The summed E-state index contributed by atoms with van der Waals surface area (Å²) in [4.78, 5) is 11.9. The number of aryl methyl sites for hydroxylation is 1. The van der Waals surface area contributed by atoms with Gasteiger partial charge in [0.05, 0.1) is 5.41 Å². The topological polar surface area (TPSA) is 37.3 Å². The summed E-state index contributed by atoms with van der Waals surface area (Å²) in [6.45, 7) is 2.04. The predicted molar refractivity (Wildman–Crippen MR) is 79.9 cm³/mol. The maximum absolute atomic E-state index is 11.9. The minimum atomic E-state index is -0.627. The summed E-state index contributed by atoms with van der Waals surface area (Å²) in [6.07, 6.45) is 9.37. The minimum absolute atomic E-state index is 0.318. The molecule has 1 aromatic rings. The van der Waals surface area contributed by atoms with E-state index < -0.39 is 11.4 Å². The molecule has 2 aliphatic carbocycles. The molecule has 20 heavy (non-hydrogen) atoms. The number of carboxylic acid groups (broad SMARTS) is 1. The Morgan fingerprint density at radius 1 is 1.10 bits per heavy atom. The highest BCUT2D eigenvalue weighted by Crippen LogP contribution is 2.61. The van der Waals surface area contributed by atoms with Gasteiger partial charge in [-0.05, 0) is 43.6 Å². The van der Waals surface area contributed by atoms with Crippen LogP contribution in [0, 0.1) is 12.3 Å². The quantitative estimate of drug-likeness (QED) is 0.863. The molecule has 0 radical (unpaired) electrons. The van der Waals surface area contributed by atoms with Crippen molar-refractivity contribution in [3.63, 3.8) is 0 Å². The summed E-state index contributed by atoms with van der Waals surface area (Å²) in [6, 6.07) is 8.11. The number of rotatable bonds is 2. The first kappa shape index (κ1) is 13.7. The summed E-state index contributed by atoms with van der Waals surface area (Å²) >= 11 is 0. The predicted octanol–water partition coefficient (Wildman–Crippen LogP) is 4.45. The average Bonchev–Trinajstić information content (AvgIpc) is 2.61. The van der Waals surface area contributed by atoms with Crippen molar-refractivity contribution in [2.75, 3.05) is 0 Å². The maximum atomic E-state index is 11.9. The zero-order chi connectivity index (χ0) is 14.2. The Labute approximate surface area is 121 Å². The molecule has 1 spiro atoms. The fourth-order valence-corrected chi connectivity index (χ4v) is 4.48. The van der Waals surface area contributed by atoms with Gasteiger partial charge in [0.15, 0.2) is 0 Å². The standard InChI is InChI=1S/C18H24O2/c1-14-7-6-8-15(11-14)18(16(19)20)12-17(13-18)9-4-2-3-5-10-17/h6-8,11H,2-5,9-10,12-13H2,1H3,(H,19,20). The van der Waals surface area contributed by atoms with Gasteiger partial charge in [0.1, 0.15) is 0 Å². The third-order valence-corrected chi connectivity index (χ3v) is 5.50. The lowest BCUT2D eigenvalue weighted by Crippen LogP contribution is -2.54. The number of benzene rings is 1. The lowest BCUT2D eigenvalue weighted by atomic mass is 9.48. The molecule has 0 heterocycles. The zero-order valence-electron chi connectivity index (χ0n) is 12.3. The second-order valence-electron chi connectivity index (χ2n) is 7.02. The molecule has 2 nitrogen and oxygen atoms in total. The van der Waals surface area contributed by atoms with Crippen molar-refractivity contribution >= 4 is 5.97 Å². The molecule has 2 heteroatoms. The largest absolute Gasteiger partial charge is 0.481 e. The highest BCUT2D eigenvalue weighted by Gasteiger charge is 2.59. The molecule has 0 amide bonds. The Bertz CT molecular complexity index is 502. The van der Waals surface area contributed by atoms with Crippen LogP contribution in [-0.2, 0) is 10.2 Å². The minimum Gasteiger partial charge on any atom is -0.481 e. The van der Waals surface area contributed by atoms with Crippen molar-refractivity contribution in [2.24, 2.45) is 5.41 Å². The number of hydrogen-bond donors (Lipinski definition) is 1. The third kappa shape index (κ3) is 2.15. The molecule has 3 rings (SSSR count). The van der Waals surface area contributed by atoms with Gasteiger partial charge in [0, 0.05) is 0 Å². The smallest absolute Gasteiger partial charge is 0.314 e. The van der Waals surface area contributed by atoms with E-state index in [1.54, 1.807) is 0 Å². The molecule has 2 fully saturated rings. The van der Waals surface area contributed by atoms with Crippen LogP contribution >= 0.6 is 0 Å². The Morgan fingerprint density at radius 2 is 1.75 bits per heavy atom. The van der Waals surface area contributed by atoms with E-state index in [-0.39, 0.29) is 0 Å². The zero-order valence-corrected chi connectivity index (χ0v) is 12.3. The molecule has 0 bridgehead atoms. The lowest BCUT2D eigenvalue weighted by molar-refractivity contribution is -0.155. The van der Waals surface area contributed by atoms with Crippen molar-refractivity contribution in [3.05, 3.63) is 35.4 Å². The highest BCUT2D eigenvalue weighted by atomic mass is 16.4. The van der Waals surface area contributed by atoms with Crippen molar-refractivity contribution in [1.29, 1.82) is 0 Å². The third-order valence-electron chi connectivity index (χ3n) is 5.50.